The molecule has 0 N–H and O–H groups in total. The van der Waals surface area contributed by atoms with E-state index in [9.17, 15) is 19.2 Å². The summed E-state index contributed by atoms with van der Waals surface area (Å²) in [6.45, 7) is 0. The van der Waals surface area contributed by atoms with Crippen LogP contribution in [0.5, 0.6) is 0 Å². The highest BCUT2D eigenvalue weighted by atomic mass is 16.2. The van der Waals surface area contributed by atoms with Gasteiger partial charge in [-0.3, -0.25) is 24.2 Å². The number of ketones is 4. The van der Waals surface area contributed by atoms with Crippen molar-refractivity contribution in [1.82, 2.24) is 0 Å². The Morgan fingerprint density at radius 2 is 1.57 bits per heavy atom. The van der Waals surface area contributed by atoms with E-state index in [0.717, 1.165) is 0 Å². The molecule has 5 heteroatoms. The van der Waals surface area contributed by atoms with Gasteiger partial charge in [-0.25, -0.2) is 0 Å². The lowest BCUT2D eigenvalue weighted by Gasteiger charge is -2.07. The van der Waals surface area contributed by atoms with E-state index in [1.165, 1.54) is 0 Å². The molecular weight excluding hydrogens is 294 g/mol. The summed E-state index contributed by atoms with van der Waals surface area (Å²) in [6.07, 6.45) is 5.58. The van der Waals surface area contributed by atoms with Gasteiger partial charge in [-0.1, -0.05) is 42.5 Å². The van der Waals surface area contributed by atoms with Crippen LogP contribution in [0.1, 0.15) is 27.1 Å². The monoisotopic (exact) mass is 305 g/mol. The molecular formula is C18H11NO4. The van der Waals surface area contributed by atoms with Crippen molar-refractivity contribution in [3.8, 4) is 0 Å². The van der Waals surface area contributed by atoms with E-state index in [0.29, 0.717) is 23.1 Å². The van der Waals surface area contributed by atoms with Crippen LogP contribution in [-0.4, -0.2) is 34.9 Å². The average Bonchev–Trinajstić information content (AvgIpc) is 2.97. The highest BCUT2D eigenvalue weighted by Crippen LogP contribution is 2.31. The maximum absolute atomic E-state index is 12.4. The van der Waals surface area contributed by atoms with Crippen LogP contribution in [0.2, 0.25) is 0 Å². The molecule has 3 aliphatic carbocycles. The summed E-state index contributed by atoms with van der Waals surface area (Å²) in [5.74, 6) is -2.32. The Bertz CT molecular complexity index is 853. The van der Waals surface area contributed by atoms with Crippen molar-refractivity contribution in [1.29, 1.82) is 0 Å². The van der Waals surface area contributed by atoms with Gasteiger partial charge in [0.2, 0.25) is 5.78 Å². The van der Waals surface area contributed by atoms with Crippen LogP contribution in [0.25, 0.3) is 0 Å². The van der Waals surface area contributed by atoms with Crippen LogP contribution in [-0.2, 0) is 9.59 Å². The molecule has 0 radical (unpaired) electrons. The van der Waals surface area contributed by atoms with Gasteiger partial charge in [0.05, 0.1) is 5.92 Å². The number of Topliss-reactive ketones (excluding diaryl/α,β-unsaturated/α-hetero) is 4. The van der Waals surface area contributed by atoms with Crippen LogP contribution in [0.15, 0.2) is 53.1 Å². The van der Waals surface area contributed by atoms with Crippen molar-refractivity contribution in [2.24, 2.45) is 10.9 Å². The Hall–Kier alpha value is -2.95. The zero-order valence-electron chi connectivity index (χ0n) is 12.0. The first-order chi connectivity index (χ1) is 11.1. The Morgan fingerprint density at radius 1 is 0.913 bits per heavy atom. The van der Waals surface area contributed by atoms with Gasteiger partial charge in [-0.05, 0) is 6.42 Å². The Kier molecular flexibility index (Phi) is 2.84. The molecule has 1 saturated carbocycles. The Morgan fingerprint density at radius 3 is 2.17 bits per heavy atom. The second-order valence-electron chi connectivity index (χ2n) is 5.69. The summed E-state index contributed by atoms with van der Waals surface area (Å²) >= 11 is 0. The summed E-state index contributed by atoms with van der Waals surface area (Å²) in [6, 6.07) is 5.12. The fourth-order valence-corrected chi connectivity index (χ4v) is 3.22. The number of hydrogen-bond acceptors (Lipinski definition) is 5. The maximum atomic E-state index is 12.4. The van der Waals surface area contributed by atoms with Crippen molar-refractivity contribution in [3.63, 3.8) is 0 Å². The van der Waals surface area contributed by atoms with E-state index in [1.54, 1.807) is 36.4 Å². The standard InChI is InChI=1S/C18H11NO4/c20-15-9-5-1-2-6-10(9)16(21)13(15)19-14-17(22)11-7-3-4-8-12(11)18(14)23/h1-7,12-13H,8H2. The van der Waals surface area contributed by atoms with Crippen molar-refractivity contribution in [2.45, 2.75) is 12.5 Å². The average molecular weight is 305 g/mol. The van der Waals surface area contributed by atoms with Gasteiger partial charge >= 0.3 is 0 Å². The minimum Gasteiger partial charge on any atom is -0.292 e. The lowest BCUT2D eigenvalue weighted by molar-refractivity contribution is -0.114. The number of carbonyl (C=O) groups excluding carboxylic acids is 4. The lowest BCUT2D eigenvalue weighted by atomic mass is 9.94. The molecule has 1 aromatic rings. The molecule has 1 fully saturated rings. The molecule has 23 heavy (non-hydrogen) atoms. The molecule has 0 aliphatic heterocycles. The first-order valence-electron chi connectivity index (χ1n) is 7.30. The van der Waals surface area contributed by atoms with E-state index in [1.807, 2.05) is 6.08 Å². The third kappa shape index (κ3) is 1.83. The molecule has 0 heterocycles. The van der Waals surface area contributed by atoms with Crippen LogP contribution >= 0.6 is 0 Å². The number of benzene rings is 1. The van der Waals surface area contributed by atoms with Crippen molar-refractivity contribution < 1.29 is 19.2 Å². The molecule has 0 amide bonds. The first kappa shape index (κ1) is 13.7. The fraction of sp³-hybridized carbons (Fsp3) is 0.167. The van der Waals surface area contributed by atoms with Gasteiger partial charge in [-0.2, -0.15) is 0 Å². The summed E-state index contributed by atoms with van der Waals surface area (Å²) in [5.41, 5.74) is 0.710. The van der Waals surface area contributed by atoms with Crippen LogP contribution in [0.3, 0.4) is 0 Å². The molecule has 3 aliphatic rings. The SMILES string of the molecule is O=C1C2=CC=CCC2C(=O)C1=NC1C(=O)c2ccccc2C1=O. The van der Waals surface area contributed by atoms with Crippen LogP contribution < -0.4 is 0 Å². The summed E-state index contributed by atoms with van der Waals surface area (Å²) in [7, 11) is 0. The maximum Gasteiger partial charge on any atom is 0.211 e. The zero-order chi connectivity index (χ0) is 16.1. The van der Waals surface area contributed by atoms with Gasteiger partial charge < -0.3 is 0 Å². The highest BCUT2D eigenvalue weighted by Gasteiger charge is 2.45. The van der Waals surface area contributed by atoms with Crippen molar-refractivity contribution >= 4 is 28.8 Å². The molecule has 0 aromatic heterocycles. The predicted molar refractivity (Wildman–Crippen MR) is 81.7 cm³/mol. The molecule has 4 rings (SSSR count). The van der Waals surface area contributed by atoms with E-state index >= 15 is 0 Å². The number of allylic oxidation sites excluding steroid dienone is 4. The molecule has 1 unspecified atom stereocenters. The van der Waals surface area contributed by atoms with E-state index < -0.39 is 35.1 Å². The largest absolute Gasteiger partial charge is 0.292 e. The van der Waals surface area contributed by atoms with Gasteiger partial charge in [-0.15, -0.1) is 0 Å². The number of carbonyl (C=O) groups is 4. The number of nitrogens with zero attached hydrogens (tertiary/aromatic N) is 1. The fourth-order valence-electron chi connectivity index (χ4n) is 3.22. The number of fused-ring (bicyclic) bond motifs is 2. The Balaban J connectivity index is 1.75. The van der Waals surface area contributed by atoms with Gasteiger partial charge in [0.25, 0.3) is 0 Å². The molecule has 5 nitrogen and oxygen atoms in total. The van der Waals surface area contributed by atoms with E-state index in [-0.39, 0.29) is 5.71 Å². The molecule has 0 spiro atoms. The quantitative estimate of drug-likeness (QED) is 0.737. The molecule has 0 saturated heterocycles. The Labute approximate surface area is 131 Å². The number of hydrogen-bond donors (Lipinski definition) is 0. The normalized spacial score (nSPS) is 25.1. The predicted octanol–water partition coefficient (Wildman–Crippen LogP) is 1.53. The smallest absolute Gasteiger partial charge is 0.211 e. The minimum absolute atomic E-state index is 0.274. The molecule has 1 aromatic carbocycles. The molecule has 0 bridgehead atoms. The van der Waals surface area contributed by atoms with Crippen molar-refractivity contribution in [3.05, 3.63) is 59.2 Å². The molecule has 1 atom stereocenters. The highest BCUT2D eigenvalue weighted by molar-refractivity contribution is 6.74. The third-order valence-corrected chi connectivity index (χ3v) is 4.40. The van der Waals surface area contributed by atoms with Gasteiger partial charge in [0, 0.05) is 16.7 Å². The summed E-state index contributed by atoms with van der Waals surface area (Å²) in [4.78, 5) is 53.4. The third-order valence-electron chi connectivity index (χ3n) is 4.40. The lowest BCUT2D eigenvalue weighted by Crippen LogP contribution is -2.26. The van der Waals surface area contributed by atoms with E-state index in [4.69, 9.17) is 0 Å². The van der Waals surface area contributed by atoms with Crippen LogP contribution in [0.4, 0.5) is 0 Å². The zero-order valence-corrected chi connectivity index (χ0v) is 12.0. The second-order valence-corrected chi connectivity index (χ2v) is 5.69. The number of rotatable bonds is 1. The van der Waals surface area contributed by atoms with Crippen LogP contribution in [0, 0.1) is 5.92 Å². The minimum atomic E-state index is -1.32. The van der Waals surface area contributed by atoms with Gasteiger partial charge in [0.15, 0.2) is 29.1 Å². The first-order valence-corrected chi connectivity index (χ1v) is 7.30. The second kappa shape index (κ2) is 4.78. The van der Waals surface area contributed by atoms with Gasteiger partial charge in [0.1, 0.15) is 0 Å². The molecule has 112 valence electrons. The summed E-state index contributed by atoms with van der Waals surface area (Å²) < 4.78 is 0. The topological polar surface area (TPSA) is 80.6 Å². The number of aliphatic imine (C=N–C) groups is 1. The van der Waals surface area contributed by atoms with Crippen molar-refractivity contribution in [2.75, 3.05) is 0 Å². The van der Waals surface area contributed by atoms with E-state index in [2.05, 4.69) is 4.99 Å². The summed E-state index contributed by atoms with van der Waals surface area (Å²) in [5, 5.41) is 0.